The second-order valence-corrected chi connectivity index (χ2v) is 7.38. The van der Waals surface area contributed by atoms with Crippen LogP contribution in [0.5, 0.6) is 0 Å². The predicted molar refractivity (Wildman–Crippen MR) is 123 cm³/mol. The minimum absolute atomic E-state index is 0.160. The highest BCUT2D eigenvalue weighted by Gasteiger charge is 2.08. The van der Waals surface area contributed by atoms with Gasteiger partial charge in [0.15, 0.2) is 0 Å². The summed E-state index contributed by atoms with van der Waals surface area (Å²) in [6, 6.07) is 15.9. The van der Waals surface area contributed by atoms with Gasteiger partial charge in [0.05, 0.1) is 0 Å². The van der Waals surface area contributed by atoms with Gasteiger partial charge in [-0.15, -0.1) is 0 Å². The largest absolute Gasteiger partial charge is 0.352 e. The molecule has 30 heavy (non-hydrogen) atoms. The zero-order chi connectivity index (χ0) is 22.1. The molecule has 0 radical (unpaired) electrons. The summed E-state index contributed by atoms with van der Waals surface area (Å²) >= 11 is 11.5. The SMILES string of the molecule is CCNC(=O)c1cc(Cl)cc(Cl)c1.Cc1ccc(NC(=O)c2ccccn2)c(C)c1. The molecule has 2 aromatic carbocycles. The summed E-state index contributed by atoms with van der Waals surface area (Å²) in [5.74, 6) is -0.343. The van der Waals surface area contributed by atoms with Crippen molar-refractivity contribution in [1.29, 1.82) is 0 Å². The van der Waals surface area contributed by atoms with Gasteiger partial charge in [-0.25, -0.2) is 0 Å². The van der Waals surface area contributed by atoms with E-state index >= 15 is 0 Å². The van der Waals surface area contributed by atoms with Gasteiger partial charge in [-0.1, -0.05) is 47.0 Å². The third kappa shape index (κ3) is 7.17. The number of benzene rings is 2. The van der Waals surface area contributed by atoms with Crippen LogP contribution >= 0.6 is 23.2 Å². The number of carbonyl (C=O) groups excluding carboxylic acids is 2. The Kier molecular flexibility index (Phi) is 8.84. The zero-order valence-electron chi connectivity index (χ0n) is 17.0. The monoisotopic (exact) mass is 443 g/mol. The summed E-state index contributed by atoms with van der Waals surface area (Å²) in [5.41, 5.74) is 3.96. The minimum atomic E-state index is -0.183. The van der Waals surface area contributed by atoms with Gasteiger partial charge in [0.1, 0.15) is 5.69 Å². The van der Waals surface area contributed by atoms with E-state index in [2.05, 4.69) is 15.6 Å². The van der Waals surface area contributed by atoms with Gasteiger partial charge in [0.25, 0.3) is 11.8 Å². The van der Waals surface area contributed by atoms with Crippen LogP contribution in [0, 0.1) is 13.8 Å². The fourth-order valence-electron chi connectivity index (χ4n) is 2.58. The number of aryl methyl sites for hydroxylation is 2. The van der Waals surface area contributed by atoms with E-state index in [0.29, 0.717) is 27.8 Å². The molecule has 0 bridgehead atoms. The maximum Gasteiger partial charge on any atom is 0.274 e. The molecule has 0 spiro atoms. The molecule has 0 aliphatic carbocycles. The fraction of sp³-hybridized carbons (Fsp3) is 0.174. The van der Waals surface area contributed by atoms with Crippen LogP contribution < -0.4 is 10.6 Å². The van der Waals surface area contributed by atoms with E-state index < -0.39 is 0 Å². The lowest BCUT2D eigenvalue weighted by molar-refractivity contribution is 0.0955. The maximum absolute atomic E-state index is 11.9. The van der Waals surface area contributed by atoms with Gasteiger partial charge in [0.2, 0.25) is 0 Å². The number of anilines is 1. The molecule has 0 saturated heterocycles. The molecule has 2 N–H and O–H groups in total. The molecular formula is C23H23Cl2N3O2. The number of halogens is 2. The van der Waals surface area contributed by atoms with E-state index in [1.165, 1.54) is 5.56 Å². The summed E-state index contributed by atoms with van der Waals surface area (Å²) in [4.78, 5) is 27.2. The van der Waals surface area contributed by atoms with Gasteiger partial charge >= 0.3 is 0 Å². The fourth-order valence-corrected chi connectivity index (χ4v) is 3.11. The van der Waals surface area contributed by atoms with E-state index in [4.69, 9.17) is 23.2 Å². The molecule has 0 atom stereocenters. The molecule has 0 unspecified atom stereocenters. The third-order valence-corrected chi connectivity index (χ3v) is 4.43. The second kappa shape index (κ2) is 11.3. The van der Waals surface area contributed by atoms with Crippen LogP contribution in [-0.4, -0.2) is 23.3 Å². The van der Waals surface area contributed by atoms with E-state index in [-0.39, 0.29) is 11.8 Å². The topological polar surface area (TPSA) is 71.1 Å². The molecule has 0 saturated carbocycles. The van der Waals surface area contributed by atoms with Crippen molar-refractivity contribution < 1.29 is 9.59 Å². The average molecular weight is 444 g/mol. The van der Waals surface area contributed by atoms with E-state index in [0.717, 1.165) is 11.3 Å². The third-order valence-electron chi connectivity index (χ3n) is 3.99. The van der Waals surface area contributed by atoms with Crippen LogP contribution in [0.3, 0.4) is 0 Å². The van der Waals surface area contributed by atoms with Crippen LogP contribution in [0.25, 0.3) is 0 Å². The van der Waals surface area contributed by atoms with Crippen LogP contribution in [0.2, 0.25) is 10.0 Å². The summed E-state index contributed by atoms with van der Waals surface area (Å²) < 4.78 is 0. The average Bonchev–Trinajstić information content (AvgIpc) is 2.70. The Morgan fingerprint density at radius 3 is 2.20 bits per heavy atom. The molecule has 0 aliphatic rings. The van der Waals surface area contributed by atoms with Crippen molar-refractivity contribution >= 4 is 40.7 Å². The normalized spacial score (nSPS) is 9.90. The summed E-state index contributed by atoms with van der Waals surface area (Å²) in [7, 11) is 0. The zero-order valence-corrected chi connectivity index (χ0v) is 18.5. The molecule has 5 nitrogen and oxygen atoms in total. The Balaban J connectivity index is 0.000000222. The first-order chi connectivity index (χ1) is 14.3. The highest BCUT2D eigenvalue weighted by molar-refractivity contribution is 6.35. The molecule has 1 heterocycles. The minimum Gasteiger partial charge on any atom is -0.352 e. The quantitative estimate of drug-likeness (QED) is 0.543. The molecular weight excluding hydrogens is 421 g/mol. The lowest BCUT2D eigenvalue weighted by Crippen LogP contribution is -2.22. The van der Waals surface area contributed by atoms with Gasteiger partial charge in [-0.2, -0.15) is 0 Å². The van der Waals surface area contributed by atoms with Crippen molar-refractivity contribution in [2.24, 2.45) is 0 Å². The Morgan fingerprint density at radius 2 is 1.63 bits per heavy atom. The highest BCUT2D eigenvalue weighted by atomic mass is 35.5. The van der Waals surface area contributed by atoms with E-state index in [9.17, 15) is 9.59 Å². The number of hydrogen-bond donors (Lipinski definition) is 2. The van der Waals surface area contributed by atoms with Crippen molar-refractivity contribution in [3.05, 3.63) is 93.2 Å². The Hall–Kier alpha value is -2.89. The first kappa shape index (κ1) is 23.4. The molecule has 3 aromatic rings. The molecule has 0 fully saturated rings. The number of pyridine rings is 1. The second-order valence-electron chi connectivity index (χ2n) is 6.51. The van der Waals surface area contributed by atoms with Gasteiger partial charge in [0, 0.05) is 34.0 Å². The first-order valence-electron chi connectivity index (χ1n) is 9.34. The van der Waals surface area contributed by atoms with Gasteiger partial charge in [-0.3, -0.25) is 14.6 Å². The van der Waals surface area contributed by atoms with Gasteiger partial charge < -0.3 is 10.6 Å². The number of nitrogens with zero attached hydrogens (tertiary/aromatic N) is 1. The first-order valence-corrected chi connectivity index (χ1v) is 10.1. The summed E-state index contributed by atoms with van der Waals surface area (Å²) in [6.07, 6.45) is 1.61. The molecule has 156 valence electrons. The smallest absolute Gasteiger partial charge is 0.274 e. The maximum atomic E-state index is 11.9. The van der Waals surface area contributed by atoms with E-state index in [1.54, 1.807) is 42.6 Å². The van der Waals surface area contributed by atoms with Crippen molar-refractivity contribution in [1.82, 2.24) is 10.3 Å². The van der Waals surface area contributed by atoms with E-state index in [1.807, 2.05) is 39.0 Å². The lowest BCUT2D eigenvalue weighted by atomic mass is 10.1. The van der Waals surface area contributed by atoms with Crippen LogP contribution in [0.1, 0.15) is 38.9 Å². The number of nitrogens with one attached hydrogen (secondary N) is 2. The van der Waals surface area contributed by atoms with Crippen LogP contribution in [-0.2, 0) is 0 Å². The molecule has 1 aromatic heterocycles. The number of hydrogen-bond acceptors (Lipinski definition) is 3. The molecule has 7 heteroatoms. The molecule has 0 aliphatic heterocycles. The van der Waals surface area contributed by atoms with Crippen LogP contribution in [0.4, 0.5) is 5.69 Å². The number of carbonyl (C=O) groups is 2. The van der Waals surface area contributed by atoms with Crippen molar-refractivity contribution in [2.75, 3.05) is 11.9 Å². The summed E-state index contributed by atoms with van der Waals surface area (Å²) in [5, 5.41) is 6.45. The molecule has 3 rings (SSSR count). The Labute approximate surface area is 186 Å². The number of rotatable bonds is 4. The number of aromatic nitrogens is 1. The summed E-state index contributed by atoms with van der Waals surface area (Å²) in [6.45, 7) is 6.44. The predicted octanol–water partition coefficient (Wildman–Crippen LogP) is 5.69. The highest BCUT2D eigenvalue weighted by Crippen LogP contribution is 2.19. The molecule has 2 amide bonds. The van der Waals surface area contributed by atoms with Crippen molar-refractivity contribution in [2.45, 2.75) is 20.8 Å². The Morgan fingerprint density at radius 1 is 0.933 bits per heavy atom. The standard InChI is InChI=1S/C14H14N2O.C9H9Cl2NO/c1-10-6-7-12(11(2)9-10)16-14(17)13-5-3-4-8-15-13;1-2-12-9(13)6-3-7(10)5-8(11)4-6/h3-9H,1-2H3,(H,16,17);3-5H,2H2,1H3,(H,12,13). The van der Waals surface area contributed by atoms with Crippen molar-refractivity contribution in [3.63, 3.8) is 0 Å². The lowest BCUT2D eigenvalue weighted by Gasteiger charge is -2.08. The van der Waals surface area contributed by atoms with Gasteiger partial charge in [-0.05, 0) is 62.7 Å². The van der Waals surface area contributed by atoms with Crippen molar-refractivity contribution in [3.8, 4) is 0 Å². The Bertz CT molecular complexity index is 1000. The number of amides is 2. The van der Waals surface area contributed by atoms with Crippen LogP contribution in [0.15, 0.2) is 60.8 Å².